The molecule has 260 valence electrons. The Morgan fingerprint density at radius 3 is 2.67 bits per heavy atom. The molecule has 3 aliphatic heterocycles. The lowest BCUT2D eigenvalue weighted by Gasteiger charge is -2.40. The van der Waals surface area contributed by atoms with Crippen molar-refractivity contribution in [1.82, 2.24) is 50.8 Å². The molecule has 7 rings (SSSR count). The van der Waals surface area contributed by atoms with Gasteiger partial charge in [0.2, 0.25) is 0 Å². The largest absolute Gasteiger partial charge is 0.436 e. The van der Waals surface area contributed by atoms with Crippen molar-refractivity contribution in [3.05, 3.63) is 80.5 Å². The van der Waals surface area contributed by atoms with Crippen molar-refractivity contribution < 1.29 is 13.2 Å². The molecule has 0 spiro atoms. The first kappa shape index (κ1) is 33.4. The molecule has 0 radical (unpaired) electrons. The lowest BCUT2D eigenvalue weighted by molar-refractivity contribution is -0.141. The zero-order chi connectivity index (χ0) is 34.3. The van der Waals surface area contributed by atoms with Gasteiger partial charge in [0.05, 0.1) is 48.4 Å². The van der Waals surface area contributed by atoms with Crippen LogP contribution in [0.1, 0.15) is 50.8 Å². The van der Waals surface area contributed by atoms with Crippen molar-refractivity contribution in [3.8, 4) is 16.9 Å². The third kappa shape index (κ3) is 7.13. The van der Waals surface area contributed by atoms with Gasteiger partial charge in [-0.2, -0.15) is 18.3 Å². The van der Waals surface area contributed by atoms with Crippen LogP contribution >= 0.6 is 11.6 Å². The Hall–Kier alpha value is -4.12. The number of benzene rings is 1. The van der Waals surface area contributed by atoms with Gasteiger partial charge in [0, 0.05) is 40.8 Å². The highest BCUT2D eigenvalue weighted by atomic mass is 35.5. The molecule has 4 unspecified atom stereocenters. The summed E-state index contributed by atoms with van der Waals surface area (Å²) in [6.45, 7) is 4.53. The van der Waals surface area contributed by atoms with Gasteiger partial charge in [0.15, 0.2) is 5.69 Å². The fourth-order valence-electron chi connectivity index (χ4n) is 7.45. The third-order valence-corrected chi connectivity index (χ3v) is 10.1. The van der Waals surface area contributed by atoms with Crippen molar-refractivity contribution >= 4 is 17.3 Å². The van der Waals surface area contributed by atoms with Crippen LogP contribution in [0.5, 0.6) is 0 Å². The number of fused-ring (bicyclic) bond motifs is 4. The van der Waals surface area contributed by atoms with E-state index in [0.717, 1.165) is 56.1 Å². The predicted octanol–water partition coefficient (Wildman–Crippen LogP) is 3.33. The summed E-state index contributed by atoms with van der Waals surface area (Å²) in [5.74, 6) is 0.680. The number of nitrogens with one attached hydrogen (secondary N) is 4. The first-order valence-electron chi connectivity index (χ1n) is 16.5. The Morgan fingerprint density at radius 1 is 1.04 bits per heavy atom. The van der Waals surface area contributed by atoms with E-state index in [2.05, 4.69) is 48.5 Å². The number of hydrogen-bond acceptors (Lipinski definition) is 10. The van der Waals surface area contributed by atoms with E-state index in [9.17, 15) is 22.8 Å². The van der Waals surface area contributed by atoms with Crippen LogP contribution in [0, 0.1) is 11.8 Å². The third-order valence-electron chi connectivity index (χ3n) is 9.91. The van der Waals surface area contributed by atoms with Crippen LogP contribution in [0.15, 0.2) is 58.6 Å². The summed E-state index contributed by atoms with van der Waals surface area (Å²) in [4.78, 5) is 30.6. The molecule has 2 bridgehead atoms. The molecular formula is C32H37ClF3N11O2. The standard InChI is InChI=1S/C32H37ClF3N11O2/c1-18-3-2-4-27(24-9-19(7-8-37-24)31-25(38-13-18)15-46(43-31)21-11-29(48)42-40-14-21)45-17-39-23(12-30(45)49)22-10-20(33)5-6-26(22)47-16-28(41-44-47)32(34,35)36/h5-6,10-12,14,16-19,24-25,27,31,37-38,43H,2-4,7-9,13,15H2,1H3,(H,42,48)/t18-,19?,24?,25?,27+,31?/m1/s1. The van der Waals surface area contributed by atoms with E-state index in [4.69, 9.17) is 11.6 Å². The van der Waals surface area contributed by atoms with E-state index >= 15 is 0 Å². The highest BCUT2D eigenvalue weighted by Gasteiger charge is 2.42. The number of aromatic amines is 1. The second-order valence-corrected chi connectivity index (χ2v) is 13.7. The van der Waals surface area contributed by atoms with Gasteiger partial charge in [0.25, 0.3) is 11.1 Å². The first-order chi connectivity index (χ1) is 23.5. The Bertz CT molecular complexity index is 1910. The second kappa shape index (κ2) is 13.7. The minimum atomic E-state index is -4.66. The molecule has 0 aliphatic carbocycles. The van der Waals surface area contributed by atoms with Gasteiger partial charge in [-0.25, -0.2) is 20.2 Å². The number of anilines is 1. The van der Waals surface area contributed by atoms with Crippen LogP contribution in [0.25, 0.3) is 16.9 Å². The van der Waals surface area contributed by atoms with Crippen LogP contribution in [0.4, 0.5) is 18.9 Å². The quantitative estimate of drug-likeness (QED) is 0.250. The van der Waals surface area contributed by atoms with E-state index in [-0.39, 0.29) is 52.6 Å². The summed E-state index contributed by atoms with van der Waals surface area (Å²) in [7, 11) is 0. The summed E-state index contributed by atoms with van der Waals surface area (Å²) >= 11 is 6.30. The van der Waals surface area contributed by atoms with Gasteiger partial charge in [-0.05, 0) is 68.8 Å². The SMILES string of the molecule is C[C@@H]1CCC[C@H](n2cnc(-c3cc(Cl)ccc3-n3cc(C(F)(F)F)nn3)cc2=O)C2CC(CCN2)C2NN(c3cn[nH]c(=O)c3)CC2NC1. The van der Waals surface area contributed by atoms with E-state index in [1.165, 1.54) is 24.5 Å². The number of H-pyrrole nitrogens is 1. The smallest absolute Gasteiger partial charge is 0.312 e. The highest BCUT2D eigenvalue weighted by Crippen LogP contribution is 2.34. The van der Waals surface area contributed by atoms with Crippen molar-refractivity contribution in [2.75, 3.05) is 24.6 Å². The molecular weight excluding hydrogens is 663 g/mol. The maximum Gasteiger partial charge on any atom is 0.436 e. The maximum absolute atomic E-state index is 13.9. The lowest BCUT2D eigenvalue weighted by atomic mass is 9.80. The molecule has 3 aliphatic rings. The van der Waals surface area contributed by atoms with E-state index in [0.29, 0.717) is 28.7 Å². The molecule has 0 amide bonds. The number of hydrogen-bond donors (Lipinski definition) is 4. The Labute approximate surface area is 284 Å². The molecule has 6 heterocycles. The zero-order valence-electron chi connectivity index (χ0n) is 26.7. The fourth-order valence-corrected chi connectivity index (χ4v) is 7.62. The number of aromatic nitrogens is 7. The fraction of sp³-hybridized carbons (Fsp3) is 0.500. The van der Waals surface area contributed by atoms with Crippen LogP contribution in [0.3, 0.4) is 0 Å². The summed E-state index contributed by atoms with van der Waals surface area (Å²) in [6.07, 6.45) is 3.72. The Balaban J connectivity index is 1.18. The molecule has 13 nitrogen and oxygen atoms in total. The van der Waals surface area contributed by atoms with Gasteiger partial charge >= 0.3 is 6.18 Å². The van der Waals surface area contributed by atoms with Gasteiger partial charge < -0.3 is 15.6 Å². The molecule has 4 aromatic rings. The molecule has 4 N–H and O–H groups in total. The zero-order valence-corrected chi connectivity index (χ0v) is 27.5. The van der Waals surface area contributed by atoms with Crippen LogP contribution in [-0.4, -0.2) is 72.5 Å². The first-order valence-corrected chi connectivity index (χ1v) is 16.8. The molecule has 3 aromatic heterocycles. The Morgan fingerprint density at radius 2 is 1.90 bits per heavy atom. The molecule has 49 heavy (non-hydrogen) atoms. The molecule has 3 fully saturated rings. The number of piperidine rings is 1. The molecule has 0 saturated carbocycles. The van der Waals surface area contributed by atoms with Crippen LogP contribution < -0.4 is 32.2 Å². The van der Waals surface area contributed by atoms with Crippen molar-refractivity contribution in [1.29, 1.82) is 0 Å². The lowest BCUT2D eigenvalue weighted by Crippen LogP contribution is -2.54. The topological polar surface area (TPSA) is 151 Å². The van der Waals surface area contributed by atoms with Gasteiger partial charge in [-0.1, -0.05) is 30.2 Å². The summed E-state index contributed by atoms with van der Waals surface area (Å²) in [6, 6.07) is 7.62. The minimum absolute atomic E-state index is 0.00534. The van der Waals surface area contributed by atoms with E-state index in [1.807, 2.05) is 5.01 Å². The van der Waals surface area contributed by atoms with Crippen molar-refractivity contribution in [2.45, 2.75) is 69.4 Å². The summed E-state index contributed by atoms with van der Waals surface area (Å²) < 4.78 is 42.5. The predicted molar refractivity (Wildman–Crippen MR) is 176 cm³/mol. The monoisotopic (exact) mass is 699 g/mol. The number of hydrazine groups is 1. The maximum atomic E-state index is 13.9. The molecule has 3 saturated heterocycles. The highest BCUT2D eigenvalue weighted by molar-refractivity contribution is 6.31. The van der Waals surface area contributed by atoms with Gasteiger partial charge in [0.1, 0.15) is 0 Å². The number of rotatable bonds is 4. The minimum Gasteiger partial charge on any atom is -0.312 e. The van der Waals surface area contributed by atoms with Crippen molar-refractivity contribution in [2.24, 2.45) is 11.8 Å². The Kier molecular flexibility index (Phi) is 9.30. The van der Waals surface area contributed by atoms with E-state index in [1.54, 1.807) is 22.9 Å². The van der Waals surface area contributed by atoms with E-state index < -0.39 is 11.9 Å². The summed E-state index contributed by atoms with van der Waals surface area (Å²) in [5.41, 5.74) is 3.58. The summed E-state index contributed by atoms with van der Waals surface area (Å²) in [5, 5.41) is 23.2. The van der Waals surface area contributed by atoms with Crippen molar-refractivity contribution in [3.63, 3.8) is 0 Å². The van der Waals surface area contributed by atoms with Gasteiger partial charge in [-0.3, -0.25) is 14.2 Å². The number of alkyl halides is 3. The number of nitrogens with zero attached hydrogens (tertiary/aromatic N) is 7. The normalized spacial score (nSPS) is 26.5. The second-order valence-electron chi connectivity index (χ2n) is 13.3. The molecule has 1 aromatic carbocycles. The average molecular weight is 700 g/mol. The van der Waals surface area contributed by atoms with Gasteiger partial charge in [-0.15, -0.1) is 5.10 Å². The number of halogens is 4. The average Bonchev–Trinajstić information content (AvgIpc) is 3.74. The van der Waals surface area contributed by atoms with Crippen LogP contribution in [-0.2, 0) is 6.18 Å². The van der Waals surface area contributed by atoms with Crippen LogP contribution in [0.2, 0.25) is 5.02 Å². The molecule has 17 heteroatoms. The molecule has 6 atom stereocenters.